The fourth-order valence-corrected chi connectivity index (χ4v) is 6.12. The van der Waals surface area contributed by atoms with Crippen molar-refractivity contribution < 1.29 is 8.42 Å². The van der Waals surface area contributed by atoms with Gasteiger partial charge in [0.1, 0.15) is 5.82 Å². The lowest BCUT2D eigenvalue weighted by atomic mass is 10.0. The van der Waals surface area contributed by atoms with E-state index >= 15 is 0 Å². The van der Waals surface area contributed by atoms with Gasteiger partial charge in [-0.3, -0.25) is 0 Å². The number of sulfonamides is 1. The highest BCUT2D eigenvalue weighted by atomic mass is 32.2. The van der Waals surface area contributed by atoms with Crippen LogP contribution in [0.4, 0.5) is 5.82 Å². The molecule has 1 aliphatic heterocycles. The van der Waals surface area contributed by atoms with Gasteiger partial charge >= 0.3 is 0 Å². The number of hydrogen-bond donors (Lipinski definition) is 0. The second kappa shape index (κ2) is 10.2. The van der Waals surface area contributed by atoms with Gasteiger partial charge in [-0.15, -0.1) is 0 Å². The van der Waals surface area contributed by atoms with Gasteiger partial charge in [0.25, 0.3) is 0 Å². The minimum absolute atomic E-state index is 0.0209. The predicted octanol–water partition coefficient (Wildman–Crippen LogP) is 4.22. The molecule has 0 N–H and O–H groups in total. The van der Waals surface area contributed by atoms with Crippen molar-refractivity contribution in [3.63, 3.8) is 0 Å². The number of hydrogen-bond acceptors (Lipinski definition) is 5. The molecule has 2 heterocycles. The molecule has 0 amide bonds. The molecule has 6 nitrogen and oxygen atoms in total. The van der Waals surface area contributed by atoms with Gasteiger partial charge in [0.05, 0.1) is 11.4 Å². The molecule has 176 valence electrons. The Labute approximate surface area is 197 Å². The predicted molar refractivity (Wildman–Crippen MR) is 137 cm³/mol. The van der Waals surface area contributed by atoms with E-state index in [1.165, 1.54) is 15.1 Å². The van der Waals surface area contributed by atoms with Crippen molar-refractivity contribution in [1.82, 2.24) is 14.2 Å². The number of pyridine rings is 1. The molecule has 3 aromatic rings. The second-order valence-corrected chi connectivity index (χ2v) is 10.5. The van der Waals surface area contributed by atoms with E-state index in [0.717, 1.165) is 55.4 Å². The number of rotatable bonds is 8. The zero-order valence-electron chi connectivity index (χ0n) is 19.9. The highest BCUT2D eigenvalue weighted by molar-refractivity contribution is 7.88. The van der Waals surface area contributed by atoms with Crippen LogP contribution in [0.3, 0.4) is 0 Å². The third kappa shape index (κ3) is 5.21. The maximum absolute atomic E-state index is 12.6. The van der Waals surface area contributed by atoms with Gasteiger partial charge in [0, 0.05) is 50.2 Å². The minimum atomic E-state index is -3.30. The lowest BCUT2D eigenvalue weighted by Gasteiger charge is -2.35. The smallest absolute Gasteiger partial charge is 0.218 e. The van der Waals surface area contributed by atoms with Gasteiger partial charge in [-0.05, 0) is 23.6 Å². The topological polar surface area (TPSA) is 56.8 Å². The van der Waals surface area contributed by atoms with Crippen molar-refractivity contribution in [2.75, 3.05) is 50.7 Å². The summed E-state index contributed by atoms with van der Waals surface area (Å²) in [5.41, 5.74) is 2.71. The average Bonchev–Trinajstić information content (AvgIpc) is 2.84. The Bertz CT molecular complexity index is 1180. The summed E-state index contributed by atoms with van der Waals surface area (Å²) in [7, 11) is -3.30. The summed E-state index contributed by atoms with van der Waals surface area (Å²) in [5, 5.41) is 2.34. The van der Waals surface area contributed by atoms with Crippen LogP contribution in [-0.4, -0.2) is 68.4 Å². The summed E-state index contributed by atoms with van der Waals surface area (Å²) < 4.78 is 26.8. The van der Waals surface area contributed by atoms with E-state index in [1.54, 1.807) is 0 Å². The number of anilines is 1. The minimum Gasteiger partial charge on any atom is -0.354 e. The molecule has 33 heavy (non-hydrogen) atoms. The first kappa shape index (κ1) is 23.7. The fraction of sp³-hybridized carbons (Fsp3) is 0.423. The first-order valence-corrected chi connectivity index (χ1v) is 13.5. The lowest BCUT2D eigenvalue weighted by Crippen LogP contribution is -2.46. The van der Waals surface area contributed by atoms with Crippen molar-refractivity contribution in [2.45, 2.75) is 26.5 Å². The Morgan fingerprint density at radius 2 is 1.58 bits per heavy atom. The molecule has 1 fully saturated rings. The van der Waals surface area contributed by atoms with E-state index < -0.39 is 10.0 Å². The number of benzene rings is 2. The number of aromatic nitrogens is 1. The van der Waals surface area contributed by atoms with Gasteiger partial charge < -0.3 is 9.80 Å². The Balaban J connectivity index is 1.63. The third-order valence-corrected chi connectivity index (χ3v) is 8.54. The van der Waals surface area contributed by atoms with Gasteiger partial charge in [-0.2, -0.15) is 0 Å². The molecule has 4 rings (SSSR count). The molecule has 0 saturated carbocycles. The summed E-state index contributed by atoms with van der Waals surface area (Å²) in [6.07, 6.45) is 0. The van der Waals surface area contributed by atoms with Gasteiger partial charge in [-0.25, -0.2) is 17.7 Å². The van der Waals surface area contributed by atoms with Gasteiger partial charge in [0.2, 0.25) is 10.0 Å². The number of piperazine rings is 1. The van der Waals surface area contributed by atoms with Crippen LogP contribution in [0.15, 0.2) is 54.6 Å². The van der Waals surface area contributed by atoms with Crippen molar-refractivity contribution in [1.29, 1.82) is 0 Å². The van der Waals surface area contributed by atoms with E-state index in [-0.39, 0.29) is 5.75 Å². The average molecular weight is 467 g/mol. The molecular formula is C26H34N4O2S. The van der Waals surface area contributed by atoms with Crippen molar-refractivity contribution in [2.24, 2.45) is 0 Å². The fourth-order valence-electron chi connectivity index (χ4n) is 4.54. The Morgan fingerprint density at radius 1 is 0.909 bits per heavy atom. The quantitative estimate of drug-likeness (QED) is 0.498. The Morgan fingerprint density at radius 3 is 2.21 bits per heavy atom. The van der Waals surface area contributed by atoms with Crippen LogP contribution >= 0.6 is 0 Å². The van der Waals surface area contributed by atoms with Gasteiger partial charge in [0.15, 0.2) is 0 Å². The molecule has 1 saturated heterocycles. The van der Waals surface area contributed by atoms with Crippen molar-refractivity contribution >= 4 is 26.6 Å². The first-order chi connectivity index (χ1) is 15.9. The highest BCUT2D eigenvalue weighted by Crippen LogP contribution is 2.31. The van der Waals surface area contributed by atoms with E-state index in [0.29, 0.717) is 13.1 Å². The highest BCUT2D eigenvalue weighted by Gasteiger charge is 2.21. The number of fused-ring (bicyclic) bond motifs is 1. The van der Waals surface area contributed by atoms with Crippen LogP contribution in [-0.2, 0) is 15.8 Å². The molecular weight excluding hydrogens is 432 g/mol. The molecule has 0 radical (unpaired) electrons. The number of likely N-dealkylation sites (N-methyl/N-ethyl adjacent to an activating group) is 1. The van der Waals surface area contributed by atoms with Crippen molar-refractivity contribution in [3.05, 3.63) is 60.2 Å². The molecule has 2 aromatic carbocycles. The Kier molecular flexibility index (Phi) is 7.32. The molecule has 0 atom stereocenters. The summed E-state index contributed by atoms with van der Waals surface area (Å²) in [5.74, 6) is 1.06. The Hall–Kier alpha value is -2.48. The monoisotopic (exact) mass is 466 g/mol. The summed E-state index contributed by atoms with van der Waals surface area (Å²) in [4.78, 5) is 9.94. The van der Waals surface area contributed by atoms with Crippen LogP contribution in [0.25, 0.3) is 22.0 Å². The van der Waals surface area contributed by atoms with Gasteiger partial charge in [-0.1, -0.05) is 69.3 Å². The molecule has 1 aromatic heterocycles. The zero-order chi connectivity index (χ0) is 23.4. The summed E-state index contributed by atoms with van der Waals surface area (Å²) in [6.45, 7) is 12.1. The van der Waals surface area contributed by atoms with E-state index in [2.05, 4.69) is 47.1 Å². The third-order valence-electron chi connectivity index (χ3n) is 6.54. The molecule has 0 spiro atoms. The second-order valence-electron chi connectivity index (χ2n) is 8.51. The summed E-state index contributed by atoms with van der Waals surface area (Å²) >= 11 is 0. The van der Waals surface area contributed by atoms with E-state index in [4.69, 9.17) is 4.98 Å². The molecule has 7 heteroatoms. The summed E-state index contributed by atoms with van der Waals surface area (Å²) in [6, 6.07) is 18.3. The lowest BCUT2D eigenvalue weighted by molar-refractivity contribution is 0.271. The largest absolute Gasteiger partial charge is 0.354 e. The van der Waals surface area contributed by atoms with E-state index in [9.17, 15) is 8.42 Å². The molecule has 0 aliphatic carbocycles. The SMILES string of the molecule is CCN1CCN(c2nc(-c3ccc(CS(=O)(=O)N(CC)CC)cc3)cc3ccccc23)CC1. The zero-order valence-corrected chi connectivity index (χ0v) is 20.7. The maximum atomic E-state index is 12.6. The normalized spacial score (nSPS) is 15.5. The van der Waals surface area contributed by atoms with Crippen LogP contribution in [0.5, 0.6) is 0 Å². The van der Waals surface area contributed by atoms with Crippen LogP contribution in [0.1, 0.15) is 26.3 Å². The molecule has 0 unspecified atom stereocenters. The van der Waals surface area contributed by atoms with E-state index in [1.807, 2.05) is 38.1 Å². The van der Waals surface area contributed by atoms with Crippen molar-refractivity contribution in [3.8, 4) is 11.3 Å². The first-order valence-electron chi connectivity index (χ1n) is 11.9. The standard InChI is InChI=1S/C26H34N4O2S/c1-4-28-15-17-29(18-16-28)26-24-10-8-7-9-23(24)19-25(27-26)22-13-11-21(12-14-22)20-33(31,32)30(5-2)6-3/h7-14,19H,4-6,15-18,20H2,1-3H3. The van der Waals surface area contributed by atoms with Crippen LogP contribution < -0.4 is 4.90 Å². The molecule has 0 bridgehead atoms. The molecule has 1 aliphatic rings. The van der Waals surface area contributed by atoms with Crippen LogP contribution in [0.2, 0.25) is 0 Å². The number of nitrogens with zero attached hydrogens (tertiary/aromatic N) is 4. The maximum Gasteiger partial charge on any atom is 0.218 e. The van der Waals surface area contributed by atoms with Crippen LogP contribution in [0, 0.1) is 0 Å².